The summed E-state index contributed by atoms with van der Waals surface area (Å²) >= 11 is 1.47. The monoisotopic (exact) mass is 353 g/mol. The highest BCUT2D eigenvalue weighted by atomic mass is 32.1. The number of carbonyl (C=O) groups is 2. The zero-order chi connectivity index (χ0) is 17.6. The maximum Gasteiger partial charge on any atom is 0.257 e. The van der Waals surface area contributed by atoms with Crippen LogP contribution < -0.4 is 10.1 Å². The van der Waals surface area contributed by atoms with Gasteiger partial charge in [-0.3, -0.25) is 9.59 Å². The van der Waals surface area contributed by atoms with Crippen molar-refractivity contribution in [3.05, 3.63) is 64.4 Å². The molecule has 0 atom stereocenters. The van der Waals surface area contributed by atoms with Crippen molar-refractivity contribution in [3.63, 3.8) is 0 Å². The predicted octanol–water partition coefficient (Wildman–Crippen LogP) is 3.84. The zero-order valence-corrected chi connectivity index (χ0v) is 14.8. The molecule has 5 heteroatoms. The van der Waals surface area contributed by atoms with Crippen molar-refractivity contribution in [2.75, 3.05) is 13.2 Å². The van der Waals surface area contributed by atoms with E-state index in [2.05, 4.69) is 5.32 Å². The molecule has 0 aliphatic heterocycles. The number of Topliss-reactive ketones (excluding diaryl/α,β-unsaturated/α-hetero) is 1. The van der Waals surface area contributed by atoms with Crippen molar-refractivity contribution in [1.82, 2.24) is 5.32 Å². The molecule has 1 N–H and O–H groups in total. The predicted molar refractivity (Wildman–Crippen MR) is 100 cm³/mol. The lowest BCUT2D eigenvalue weighted by Crippen LogP contribution is -2.30. The molecule has 0 aliphatic rings. The van der Waals surface area contributed by atoms with Crippen LogP contribution in [-0.2, 0) is 11.2 Å². The van der Waals surface area contributed by atoms with Crippen LogP contribution >= 0.6 is 11.3 Å². The third-order valence-electron chi connectivity index (χ3n) is 3.79. The summed E-state index contributed by atoms with van der Waals surface area (Å²) in [6, 6.07) is 17.5. The lowest BCUT2D eigenvalue weighted by Gasteiger charge is -2.08. The van der Waals surface area contributed by atoms with Crippen LogP contribution in [0, 0.1) is 0 Å². The number of ketones is 1. The van der Waals surface area contributed by atoms with Gasteiger partial charge in [-0.1, -0.05) is 30.3 Å². The molecular weight excluding hydrogens is 334 g/mol. The van der Waals surface area contributed by atoms with E-state index in [1.165, 1.54) is 11.3 Å². The average molecular weight is 353 g/mol. The van der Waals surface area contributed by atoms with Gasteiger partial charge in [-0.25, -0.2) is 0 Å². The molecule has 0 bridgehead atoms. The summed E-state index contributed by atoms with van der Waals surface area (Å²) in [6.45, 7) is 2.07. The molecule has 0 aliphatic carbocycles. The molecule has 2 aromatic carbocycles. The minimum atomic E-state index is -0.156. The van der Waals surface area contributed by atoms with Crippen molar-refractivity contribution in [3.8, 4) is 5.75 Å². The number of hydrogen-bond acceptors (Lipinski definition) is 4. The number of fused-ring (bicyclic) bond motifs is 1. The Bertz CT molecular complexity index is 901. The van der Waals surface area contributed by atoms with Gasteiger partial charge >= 0.3 is 0 Å². The first-order valence-corrected chi connectivity index (χ1v) is 8.91. The van der Waals surface area contributed by atoms with Gasteiger partial charge in [-0.05, 0) is 48.4 Å². The number of benzene rings is 2. The number of nitrogens with one attached hydrogen (secondary N) is 1. The highest BCUT2D eigenvalue weighted by molar-refractivity contribution is 7.14. The second-order valence-electron chi connectivity index (χ2n) is 5.72. The van der Waals surface area contributed by atoms with Gasteiger partial charge in [0.05, 0.1) is 4.88 Å². The summed E-state index contributed by atoms with van der Waals surface area (Å²) in [5.74, 6) is 0.596. The fourth-order valence-electron chi connectivity index (χ4n) is 2.48. The Morgan fingerprint density at radius 2 is 1.84 bits per heavy atom. The van der Waals surface area contributed by atoms with Crippen molar-refractivity contribution in [2.45, 2.75) is 13.3 Å². The summed E-state index contributed by atoms with van der Waals surface area (Å²) < 4.78 is 5.56. The zero-order valence-electron chi connectivity index (χ0n) is 14.0. The van der Waals surface area contributed by atoms with Gasteiger partial charge in [0.25, 0.3) is 5.91 Å². The smallest absolute Gasteiger partial charge is 0.257 e. The van der Waals surface area contributed by atoms with Gasteiger partial charge in [-0.2, -0.15) is 0 Å². The van der Waals surface area contributed by atoms with Crippen molar-refractivity contribution in [2.24, 2.45) is 0 Å². The molecule has 0 unspecified atom stereocenters. The van der Waals surface area contributed by atoms with Crippen LogP contribution in [0.5, 0.6) is 5.75 Å². The molecule has 0 fully saturated rings. The molecule has 4 nitrogen and oxygen atoms in total. The Kier molecular flexibility index (Phi) is 5.46. The normalized spacial score (nSPS) is 10.6. The first-order valence-electron chi connectivity index (χ1n) is 8.10. The second kappa shape index (κ2) is 7.94. The van der Waals surface area contributed by atoms with E-state index in [9.17, 15) is 9.59 Å². The third-order valence-corrected chi connectivity index (χ3v) is 5.04. The van der Waals surface area contributed by atoms with Crippen LogP contribution in [0.3, 0.4) is 0 Å². The van der Waals surface area contributed by atoms with Crippen LogP contribution in [0.25, 0.3) is 10.8 Å². The van der Waals surface area contributed by atoms with E-state index in [-0.39, 0.29) is 18.3 Å². The molecule has 3 rings (SSSR count). The van der Waals surface area contributed by atoms with Crippen LogP contribution in [0.1, 0.15) is 21.5 Å². The van der Waals surface area contributed by atoms with Crippen molar-refractivity contribution in [1.29, 1.82) is 0 Å². The first kappa shape index (κ1) is 17.2. The fraction of sp³-hybridized carbons (Fsp3) is 0.200. The van der Waals surface area contributed by atoms with E-state index in [1.807, 2.05) is 54.6 Å². The SMILES string of the molecule is CC(=O)c1ccc(CCNC(=O)COc2ccc3ccccc3c2)s1. The van der Waals surface area contributed by atoms with E-state index in [0.29, 0.717) is 18.7 Å². The van der Waals surface area contributed by atoms with Gasteiger partial charge in [0.2, 0.25) is 0 Å². The second-order valence-corrected chi connectivity index (χ2v) is 6.89. The van der Waals surface area contributed by atoms with Gasteiger partial charge in [0.15, 0.2) is 12.4 Å². The van der Waals surface area contributed by atoms with E-state index < -0.39 is 0 Å². The van der Waals surface area contributed by atoms with Crippen LogP contribution in [0.2, 0.25) is 0 Å². The molecule has 1 aromatic heterocycles. The number of hydrogen-bond donors (Lipinski definition) is 1. The van der Waals surface area contributed by atoms with Crippen LogP contribution in [-0.4, -0.2) is 24.8 Å². The maximum atomic E-state index is 11.9. The lowest BCUT2D eigenvalue weighted by atomic mass is 10.1. The molecule has 0 saturated heterocycles. The van der Waals surface area contributed by atoms with Gasteiger partial charge in [0.1, 0.15) is 5.75 Å². The molecule has 1 amide bonds. The van der Waals surface area contributed by atoms with E-state index in [1.54, 1.807) is 6.92 Å². The Labute approximate surface area is 150 Å². The Morgan fingerprint density at radius 1 is 1.04 bits per heavy atom. The molecule has 0 radical (unpaired) electrons. The molecule has 1 heterocycles. The lowest BCUT2D eigenvalue weighted by molar-refractivity contribution is -0.123. The maximum absolute atomic E-state index is 11.9. The van der Waals surface area contributed by atoms with Gasteiger partial charge in [-0.15, -0.1) is 11.3 Å². The summed E-state index contributed by atoms with van der Waals surface area (Å²) in [4.78, 5) is 25.0. The molecule has 0 saturated carbocycles. The van der Waals surface area contributed by atoms with Crippen molar-refractivity contribution >= 4 is 33.8 Å². The van der Waals surface area contributed by atoms with Crippen molar-refractivity contribution < 1.29 is 14.3 Å². The number of rotatable bonds is 7. The molecule has 128 valence electrons. The summed E-state index contributed by atoms with van der Waals surface area (Å²) in [6.07, 6.45) is 0.708. The molecule has 3 aromatic rings. The van der Waals surface area contributed by atoms with E-state index in [0.717, 1.165) is 20.5 Å². The Morgan fingerprint density at radius 3 is 2.60 bits per heavy atom. The largest absolute Gasteiger partial charge is 0.484 e. The molecular formula is C20H19NO3S. The third kappa shape index (κ3) is 4.67. The number of amides is 1. The highest BCUT2D eigenvalue weighted by Gasteiger charge is 2.06. The molecule has 25 heavy (non-hydrogen) atoms. The minimum Gasteiger partial charge on any atom is -0.484 e. The van der Waals surface area contributed by atoms with Crippen LogP contribution in [0.15, 0.2) is 54.6 Å². The highest BCUT2D eigenvalue weighted by Crippen LogP contribution is 2.20. The summed E-state index contributed by atoms with van der Waals surface area (Å²) in [5, 5.41) is 5.06. The molecule has 0 spiro atoms. The Hall–Kier alpha value is -2.66. The summed E-state index contributed by atoms with van der Waals surface area (Å²) in [7, 11) is 0. The average Bonchev–Trinajstić information content (AvgIpc) is 3.09. The minimum absolute atomic E-state index is 0.0124. The van der Waals surface area contributed by atoms with Gasteiger partial charge in [0, 0.05) is 11.4 Å². The topological polar surface area (TPSA) is 55.4 Å². The van der Waals surface area contributed by atoms with E-state index in [4.69, 9.17) is 4.74 Å². The van der Waals surface area contributed by atoms with Crippen LogP contribution in [0.4, 0.5) is 0 Å². The standard InChI is InChI=1S/C20H19NO3S/c1-14(22)19-9-8-18(25-19)10-11-21-20(23)13-24-17-7-6-15-4-2-3-5-16(15)12-17/h2-9,12H,10-11,13H2,1H3,(H,21,23). The number of thiophene rings is 1. The number of ether oxygens (including phenoxy) is 1. The Balaban J connectivity index is 1.44. The van der Waals surface area contributed by atoms with E-state index >= 15 is 0 Å². The van der Waals surface area contributed by atoms with Gasteiger partial charge < -0.3 is 10.1 Å². The summed E-state index contributed by atoms with van der Waals surface area (Å²) in [5.41, 5.74) is 0. The fourth-order valence-corrected chi connectivity index (χ4v) is 3.39. The first-order chi connectivity index (χ1) is 12.1. The quantitative estimate of drug-likeness (QED) is 0.657. The number of carbonyl (C=O) groups excluding carboxylic acids is 2.